The van der Waals surface area contributed by atoms with Crippen LogP contribution in [0.2, 0.25) is 0 Å². The smallest absolute Gasteiger partial charge is 0.320 e. The van der Waals surface area contributed by atoms with Gasteiger partial charge >= 0.3 is 6.01 Å². The molecule has 6 heteroatoms. The lowest BCUT2D eigenvalue weighted by molar-refractivity contribution is 0.484. The highest BCUT2D eigenvalue weighted by molar-refractivity contribution is 9.10. The van der Waals surface area contributed by atoms with Gasteiger partial charge in [0.25, 0.3) is 0 Å². The lowest BCUT2D eigenvalue weighted by Gasteiger charge is -2.03. The van der Waals surface area contributed by atoms with Crippen LogP contribution in [0, 0.1) is 6.92 Å². The Labute approximate surface area is 114 Å². The maximum atomic E-state index is 5.46. The van der Waals surface area contributed by atoms with E-state index < -0.39 is 0 Å². The van der Waals surface area contributed by atoms with E-state index in [1.54, 1.807) is 0 Å². The molecule has 1 aromatic carbocycles. The molecule has 0 bridgehead atoms. The van der Waals surface area contributed by atoms with Crippen LogP contribution in [0.4, 0.5) is 11.7 Å². The molecule has 2 aromatic rings. The minimum Gasteiger partial charge on any atom is -0.406 e. The van der Waals surface area contributed by atoms with Gasteiger partial charge in [-0.1, -0.05) is 28.0 Å². The van der Waals surface area contributed by atoms with Gasteiger partial charge in [0.05, 0.1) is 6.54 Å². The molecule has 2 N–H and O–H groups in total. The van der Waals surface area contributed by atoms with Crippen molar-refractivity contribution in [2.24, 2.45) is 0 Å². The number of anilines is 2. The number of hydrogen-bond acceptors (Lipinski definition) is 5. The predicted octanol–water partition coefficient (Wildman–Crippen LogP) is 2.99. The summed E-state index contributed by atoms with van der Waals surface area (Å²) in [5.74, 6) is 0.575. The zero-order valence-corrected chi connectivity index (χ0v) is 11.9. The van der Waals surface area contributed by atoms with Crippen molar-refractivity contribution in [2.75, 3.05) is 11.9 Å². The topological polar surface area (TPSA) is 63.0 Å². The molecule has 18 heavy (non-hydrogen) atoms. The van der Waals surface area contributed by atoms with E-state index in [1.807, 2.05) is 32.0 Å². The zero-order chi connectivity index (χ0) is 13.0. The zero-order valence-electron chi connectivity index (χ0n) is 10.3. The van der Waals surface area contributed by atoms with Crippen molar-refractivity contribution in [3.05, 3.63) is 34.1 Å². The molecular weight excluding hydrogens is 296 g/mol. The highest BCUT2D eigenvalue weighted by Crippen LogP contribution is 2.22. The Morgan fingerprint density at radius 3 is 2.83 bits per heavy atom. The first-order chi connectivity index (χ1) is 8.67. The van der Waals surface area contributed by atoms with E-state index in [-0.39, 0.29) is 0 Å². The molecule has 0 unspecified atom stereocenters. The summed E-state index contributed by atoms with van der Waals surface area (Å²) in [6.45, 7) is 5.51. The van der Waals surface area contributed by atoms with E-state index in [4.69, 9.17) is 4.42 Å². The molecule has 0 aliphatic rings. The molecule has 0 saturated heterocycles. The number of rotatable bonds is 5. The first-order valence-electron chi connectivity index (χ1n) is 5.74. The van der Waals surface area contributed by atoms with Gasteiger partial charge in [-0.3, -0.25) is 0 Å². The molecule has 0 fully saturated rings. The fraction of sp³-hybridized carbons (Fsp3) is 0.333. The Morgan fingerprint density at radius 2 is 2.11 bits per heavy atom. The van der Waals surface area contributed by atoms with Crippen molar-refractivity contribution < 1.29 is 4.42 Å². The van der Waals surface area contributed by atoms with Crippen LogP contribution in [0.3, 0.4) is 0 Å². The van der Waals surface area contributed by atoms with E-state index in [9.17, 15) is 0 Å². The SMILES string of the molecule is CCNCc1nnc(Nc2cc(C)cc(Br)c2)o1. The van der Waals surface area contributed by atoms with Gasteiger partial charge in [0.2, 0.25) is 5.89 Å². The van der Waals surface area contributed by atoms with Gasteiger partial charge in [-0.05, 0) is 37.2 Å². The van der Waals surface area contributed by atoms with Gasteiger partial charge in [0.15, 0.2) is 0 Å². The number of halogens is 1. The number of nitrogens with one attached hydrogen (secondary N) is 2. The van der Waals surface area contributed by atoms with Crippen molar-refractivity contribution in [3.8, 4) is 0 Å². The third-order valence-corrected chi connectivity index (χ3v) is 2.74. The summed E-state index contributed by atoms with van der Waals surface area (Å²) in [5, 5.41) is 14.1. The number of aromatic nitrogens is 2. The van der Waals surface area contributed by atoms with Crippen molar-refractivity contribution in [2.45, 2.75) is 20.4 Å². The fourth-order valence-electron chi connectivity index (χ4n) is 1.54. The van der Waals surface area contributed by atoms with Gasteiger partial charge in [0.1, 0.15) is 0 Å². The highest BCUT2D eigenvalue weighted by atomic mass is 79.9. The second kappa shape index (κ2) is 5.97. The molecule has 1 heterocycles. The van der Waals surface area contributed by atoms with Crippen LogP contribution in [0.15, 0.2) is 27.1 Å². The molecular formula is C12H15BrN4O. The first kappa shape index (κ1) is 13.0. The Morgan fingerprint density at radius 1 is 1.28 bits per heavy atom. The highest BCUT2D eigenvalue weighted by Gasteiger charge is 2.06. The summed E-state index contributed by atoms with van der Waals surface area (Å²) in [4.78, 5) is 0. The van der Waals surface area contributed by atoms with Crippen LogP contribution in [-0.2, 0) is 6.54 Å². The minimum atomic E-state index is 0.403. The Bertz CT molecular complexity index is 506. The molecule has 0 amide bonds. The molecule has 2 rings (SSSR count). The maximum Gasteiger partial charge on any atom is 0.320 e. The van der Waals surface area contributed by atoms with Gasteiger partial charge in [0, 0.05) is 10.2 Å². The van der Waals surface area contributed by atoms with Gasteiger partial charge in [-0.15, -0.1) is 5.10 Å². The molecule has 5 nitrogen and oxygen atoms in total. The predicted molar refractivity (Wildman–Crippen MR) is 73.8 cm³/mol. The Balaban J connectivity index is 2.06. The van der Waals surface area contributed by atoms with Crippen molar-refractivity contribution in [3.63, 3.8) is 0 Å². The quantitative estimate of drug-likeness (QED) is 0.889. The Hall–Kier alpha value is -1.40. The molecule has 0 radical (unpaired) electrons. The molecule has 0 aliphatic heterocycles. The van der Waals surface area contributed by atoms with Crippen LogP contribution in [0.25, 0.3) is 0 Å². The summed E-state index contributed by atoms with van der Waals surface area (Å²) in [6, 6.07) is 6.41. The lowest BCUT2D eigenvalue weighted by Crippen LogP contribution is -2.11. The Kier molecular flexibility index (Phi) is 4.33. The largest absolute Gasteiger partial charge is 0.406 e. The molecule has 0 saturated carbocycles. The first-order valence-corrected chi connectivity index (χ1v) is 6.54. The van der Waals surface area contributed by atoms with E-state index in [2.05, 4.69) is 36.8 Å². The normalized spacial score (nSPS) is 10.6. The third kappa shape index (κ3) is 3.54. The monoisotopic (exact) mass is 310 g/mol. The number of hydrogen-bond donors (Lipinski definition) is 2. The lowest BCUT2D eigenvalue weighted by atomic mass is 10.2. The number of benzene rings is 1. The van der Waals surface area contributed by atoms with E-state index >= 15 is 0 Å². The average Bonchev–Trinajstić information content (AvgIpc) is 2.72. The summed E-state index contributed by atoms with van der Waals surface area (Å²) in [6.07, 6.45) is 0. The standard InChI is InChI=1S/C12H15BrN4O/c1-3-14-7-11-16-17-12(18-11)15-10-5-8(2)4-9(13)6-10/h4-6,14H,3,7H2,1-2H3,(H,15,17). The van der Waals surface area contributed by atoms with Crippen molar-refractivity contribution in [1.29, 1.82) is 0 Å². The fourth-order valence-corrected chi connectivity index (χ4v) is 2.15. The van der Waals surface area contributed by atoms with Crippen molar-refractivity contribution >= 4 is 27.6 Å². The van der Waals surface area contributed by atoms with Gasteiger partial charge < -0.3 is 15.1 Å². The van der Waals surface area contributed by atoms with Crippen LogP contribution in [-0.4, -0.2) is 16.7 Å². The summed E-state index contributed by atoms with van der Waals surface area (Å²) in [5.41, 5.74) is 2.07. The van der Waals surface area contributed by atoms with Crippen LogP contribution in [0.5, 0.6) is 0 Å². The van der Waals surface area contributed by atoms with E-state index in [0.717, 1.165) is 22.3 Å². The summed E-state index contributed by atoms with van der Waals surface area (Å²) < 4.78 is 6.47. The second-order valence-corrected chi connectivity index (χ2v) is 4.84. The van der Waals surface area contributed by atoms with E-state index in [1.165, 1.54) is 0 Å². The maximum absolute atomic E-state index is 5.46. The second-order valence-electron chi connectivity index (χ2n) is 3.92. The van der Waals surface area contributed by atoms with Crippen LogP contribution >= 0.6 is 15.9 Å². The molecule has 0 atom stereocenters. The number of nitrogens with zero attached hydrogens (tertiary/aromatic N) is 2. The van der Waals surface area contributed by atoms with Crippen molar-refractivity contribution in [1.82, 2.24) is 15.5 Å². The van der Waals surface area contributed by atoms with Crippen LogP contribution in [0.1, 0.15) is 18.4 Å². The van der Waals surface area contributed by atoms with E-state index in [0.29, 0.717) is 18.5 Å². The van der Waals surface area contributed by atoms with Gasteiger partial charge in [-0.25, -0.2) is 0 Å². The summed E-state index contributed by atoms with van der Waals surface area (Å²) in [7, 11) is 0. The average molecular weight is 311 g/mol. The molecule has 0 aliphatic carbocycles. The summed E-state index contributed by atoms with van der Waals surface area (Å²) >= 11 is 3.45. The molecule has 96 valence electrons. The van der Waals surface area contributed by atoms with Crippen LogP contribution < -0.4 is 10.6 Å². The van der Waals surface area contributed by atoms with Gasteiger partial charge in [-0.2, -0.15) is 0 Å². The molecule has 0 spiro atoms. The minimum absolute atomic E-state index is 0.403. The molecule has 1 aromatic heterocycles. The third-order valence-electron chi connectivity index (χ3n) is 2.29. The number of aryl methyl sites for hydroxylation is 1.